The van der Waals surface area contributed by atoms with Crippen LogP contribution >= 0.6 is 23.2 Å². The molecule has 6 nitrogen and oxygen atoms in total. The van der Waals surface area contributed by atoms with Gasteiger partial charge >= 0.3 is 0 Å². The highest BCUT2D eigenvalue weighted by Gasteiger charge is 2.38. The van der Waals surface area contributed by atoms with Crippen LogP contribution in [0, 0.1) is 0 Å². The summed E-state index contributed by atoms with van der Waals surface area (Å²) in [5, 5.41) is 2.83. The highest BCUT2D eigenvalue weighted by atomic mass is 35.5. The van der Waals surface area contributed by atoms with E-state index in [0.29, 0.717) is 18.9 Å². The Labute approximate surface area is 224 Å². The molecule has 0 bridgehead atoms. The Morgan fingerprint density at radius 3 is 2.72 bits per heavy atom. The number of amides is 1. The van der Waals surface area contributed by atoms with Gasteiger partial charge in [-0.2, -0.15) is 0 Å². The molecule has 0 saturated carbocycles. The molecule has 36 heavy (non-hydrogen) atoms. The van der Waals surface area contributed by atoms with Crippen molar-refractivity contribution in [1.82, 2.24) is 10.2 Å². The number of hydrogen-bond donors (Lipinski definition) is 1. The maximum Gasteiger partial charge on any atom is 0.260 e. The third kappa shape index (κ3) is 7.19. The maximum atomic E-state index is 15.2. The minimum Gasteiger partial charge on any atom is -0.415 e. The number of rotatable bonds is 9. The molecule has 3 unspecified atom stereocenters. The van der Waals surface area contributed by atoms with Crippen molar-refractivity contribution < 1.29 is 18.3 Å². The van der Waals surface area contributed by atoms with E-state index >= 15 is 4.39 Å². The summed E-state index contributed by atoms with van der Waals surface area (Å²) in [5.41, 5.74) is 0.695. The number of ether oxygens (including phenoxy) is 1. The average Bonchev–Trinajstić information content (AvgIpc) is 2.81. The van der Waals surface area contributed by atoms with Crippen LogP contribution in [0.2, 0.25) is 18.1 Å². The SMILES string of the molecule is CC(C)(C)[Si](C)(C)OCCN(C(=O)C1=C(Cl)NC=NC1Cl)C1=CC(F)C(OCC2=CC=CCC2)C=C1. The fraction of sp³-hybridized carbons (Fsp3) is 0.538. The predicted molar refractivity (Wildman–Crippen MR) is 147 cm³/mol. The van der Waals surface area contributed by atoms with Crippen LogP contribution in [-0.2, 0) is 14.0 Å². The third-order valence-electron chi connectivity index (χ3n) is 6.90. The van der Waals surface area contributed by atoms with Gasteiger partial charge in [0.25, 0.3) is 5.91 Å². The first-order valence-corrected chi connectivity index (χ1v) is 15.9. The van der Waals surface area contributed by atoms with Crippen molar-refractivity contribution in [3.05, 3.63) is 58.5 Å². The Morgan fingerprint density at radius 2 is 2.11 bits per heavy atom. The first kappa shape index (κ1) is 28.9. The van der Waals surface area contributed by atoms with E-state index in [1.165, 1.54) is 17.3 Å². The van der Waals surface area contributed by atoms with Crippen LogP contribution in [0.3, 0.4) is 0 Å². The Balaban J connectivity index is 1.76. The summed E-state index contributed by atoms with van der Waals surface area (Å²) in [4.78, 5) is 19.1. The minimum atomic E-state index is -2.05. The van der Waals surface area contributed by atoms with Gasteiger partial charge in [0.15, 0.2) is 20.0 Å². The molecule has 3 rings (SSSR count). The Morgan fingerprint density at radius 1 is 1.36 bits per heavy atom. The van der Waals surface area contributed by atoms with Crippen LogP contribution in [0.1, 0.15) is 33.6 Å². The number of nitrogens with one attached hydrogen (secondary N) is 1. The zero-order valence-corrected chi connectivity index (χ0v) is 24.1. The smallest absolute Gasteiger partial charge is 0.260 e. The summed E-state index contributed by atoms with van der Waals surface area (Å²) in [6.45, 7) is 11.6. The number of aliphatic imine (C=N–C) groups is 1. The van der Waals surface area contributed by atoms with Crippen LogP contribution in [0.4, 0.5) is 4.39 Å². The molecule has 0 aromatic rings. The predicted octanol–water partition coefficient (Wildman–Crippen LogP) is 5.94. The van der Waals surface area contributed by atoms with E-state index in [4.69, 9.17) is 32.4 Å². The summed E-state index contributed by atoms with van der Waals surface area (Å²) in [6.07, 6.45) is 11.9. The zero-order chi connectivity index (χ0) is 26.5. The monoisotopic (exact) mass is 555 g/mol. The molecule has 3 atom stereocenters. The summed E-state index contributed by atoms with van der Waals surface area (Å²) < 4.78 is 27.3. The number of allylic oxidation sites excluding steroid dienone is 4. The van der Waals surface area contributed by atoms with E-state index in [2.05, 4.69) is 50.3 Å². The molecule has 1 amide bonds. The lowest BCUT2D eigenvalue weighted by Crippen LogP contribution is -2.44. The quantitative estimate of drug-likeness (QED) is 0.217. The average molecular weight is 557 g/mol. The molecule has 1 N–H and O–H groups in total. The molecule has 2 aliphatic carbocycles. The standard InChI is InChI=1S/C26H36Cl2FN3O3Si/c1-26(2,3)36(4,5)35-14-13-32(25(33)22-23(27)30-17-31-24(22)28)19-11-12-21(20(29)15-19)34-16-18-9-7-6-8-10-18/h6-7,9,11-12,15,17,20-21,23H,8,10,13-14,16H2,1-5H3,(H,30,31). The molecule has 10 heteroatoms. The molecular weight excluding hydrogens is 520 g/mol. The van der Waals surface area contributed by atoms with Crippen molar-refractivity contribution in [1.29, 1.82) is 0 Å². The van der Waals surface area contributed by atoms with Gasteiger partial charge < -0.3 is 19.4 Å². The molecule has 198 valence electrons. The van der Waals surface area contributed by atoms with E-state index in [1.54, 1.807) is 12.2 Å². The second-order valence-corrected chi connectivity index (χ2v) is 16.1. The van der Waals surface area contributed by atoms with Gasteiger partial charge in [0.2, 0.25) is 0 Å². The largest absolute Gasteiger partial charge is 0.415 e. The lowest BCUT2D eigenvalue weighted by atomic mass is 10.0. The van der Waals surface area contributed by atoms with Crippen LogP contribution in [0.15, 0.2) is 63.4 Å². The molecule has 0 aromatic carbocycles. The fourth-order valence-corrected chi connectivity index (χ4v) is 5.21. The summed E-state index contributed by atoms with van der Waals surface area (Å²) >= 11 is 12.6. The first-order chi connectivity index (χ1) is 16.9. The van der Waals surface area contributed by atoms with Crippen molar-refractivity contribution in [3.63, 3.8) is 0 Å². The molecule has 0 spiro atoms. The Bertz CT molecular complexity index is 1010. The third-order valence-corrected chi connectivity index (χ3v) is 12.1. The molecule has 0 aromatic heterocycles. The summed E-state index contributed by atoms with van der Waals surface area (Å²) in [6, 6.07) is 0. The lowest BCUT2D eigenvalue weighted by Gasteiger charge is -2.37. The number of halogens is 3. The zero-order valence-electron chi connectivity index (χ0n) is 21.6. The van der Waals surface area contributed by atoms with Gasteiger partial charge in [-0.05, 0) is 48.7 Å². The number of nitrogens with zero attached hydrogens (tertiary/aromatic N) is 2. The molecular formula is C26H36Cl2FN3O3Si. The minimum absolute atomic E-state index is 0.0130. The van der Waals surface area contributed by atoms with E-state index in [9.17, 15) is 4.79 Å². The topological polar surface area (TPSA) is 63.2 Å². The van der Waals surface area contributed by atoms with Gasteiger partial charge in [-0.15, -0.1) is 0 Å². The Hall–Kier alpha value is -1.71. The maximum absolute atomic E-state index is 15.2. The van der Waals surface area contributed by atoms with Gasteiger partial charge in [-0.1, -0.05) is 68.3 Å². The molecule has 0 radical (unpaired) electrons. The number of alkyl halides is 2. The van der Waals surface area contributed by atoms with Gasteiger partial charge in [-0.25, -0.2) is 4.39 Å². The normalized spacial score (nSPS) is 24.4. The van der Waals surface area contributed by atoms with Crippen LogP contribution in [0.25, 0.3) is 0 Å². The Kier molecular flexibility index (Phi) is 9.79. The number of carbonyl (C=O) groups is 1. The van der Waals surface area contributed by atoms with Crippen molar-refractivity contribution in [2.75, 3.05) is 19.8 Å². The molecule has 0 fully saturated rings. The molecule has 1 heterocycles. The van der Waals surface area contributed by atoms with Crippen molar-refractivity contribution >= 4 is 43.8 Å². The highest BCUT2D eigenvalue weighted by Crippen LogP contribution is 2.36. The van der Waals surface area contributed by atoms with E-state index in [1.807, 2.05) is 12.2 Å². The lowest BCUT2D eigenvalue weighted by molar-refractivity contribution is -0.125. The molecule has 1 aliphatic heterocycles. The van der Waals surface area contributed by atoms with Crippen molar-refractivity contribution in [2.45, 2.75) is 69.5 Å². The van der Waals surface area contributed by atoms with Gasteiger partial charge in [0.05, 0.1) is 25.1 Å². The molecule has 0 saturated heterocycles. The second-order valence-electron chi connectivity index (χ2n) is 10.5. The van der Waals surface area contributed by atoms with Crippen LogP contribution in [0.5, 0.6) is 0 Å². The van der Waals surface area contributed by atoms with E-state index in [0.717, 1.165) is 18.4 Å². The fourth-order valence-electron chi connectivity index (χ4n) is 3.63. The van der Waals surface area contributed by atoms with Gasteiger partial charge in [0, 0.05) is 12.2 Å². The summed E-state index contributed by atoms with van der Waals surface area (Å²) in [7, 11) is -2.05. The number of carbonyl (C=O) groups excluding carboxylic acids is 1. The molecule has 3 aliphatic rings. The van der Waals surface area contributed by atoms with E-state index < -0.39 is 32.0 Å². The highest BCUT2D eigenvalue weighted by molar-refractivity contribution is 6.74. The second kappa shape index (κ2) is 12.2. The number of hydrogen-bond acceptors (Lipinski definition) is 5. The van der Waals surface area contributed by atoms with E-state index in [-0.39, 0.29) is 22.3 Å². The van der Waals surface area contributed by atoms with Crippen molar-refractivity contribution in [3.8, 4) is 0 Å². The van der Waals surface area contributed by atoms with Crippen molar-refractivity contribution in [2.24, 2.45) is 4.99 Å². The van der Waals surface area contributed by atoms with Gasteiger partial charge in [0.1, 0.15) is 11.3 Å². The summed E-state index contributed by atoms with van der Waals surface area (Å²) in [5.74, 6) is -0.454. The van der Waals surface area contributed by atoms with Crippen LogP contribution < -0.4 is 5.32 Å². The van der Waals surface area contributed by atoms with Crippen LogP contribution in [-0.4, -0.2) is 63.0 Å². The first-order valence-electron chi connectivity index (χ1n) is 12.2. The van der Waals surface area contributed by atoms with Gasteiger partial charge in [-0.3, -0.25) is 9.79 Å².